The third-order valence-corrected chi connectivity index (χ3v) is 7.91. The molecule has 0 atom stereocenters. The zero-order valence-electron chi connectivity index (χ0n) is 21.4. The summed E-state index contributed by atoms with van der Waals surface area (Å²) in [5, 5.41) is 6.64. The molecule has 2 aromatic carbocycles. The van der Waals surface area contributed by atoms with Crippen LogP contribution >= 0.6 is 0 Å². The van der Waals surface area contributed by atoms with Crippen LogP contribution in [0.2, 0.25) is 0 Å². The Hall–Kier alpha value is -3.22. The molecule has 1 aromatic heterocycles. The summed E-state index contributed by atoms with van der Waals surface area (Å²) >= 11 is 0. The van der Waals surface area contributed by atoms with Crippen LogP contribution in [0.25, 0.3) is 10.9 Å². The van der Waals surface area contributed by atoms with E-state index in [1.165, 1.54) is 25.3 Å². The summed E-state index contributed by atoms with van der Waals surface area (Å²) in [5.74, 6) is -0.112. The number of alkyl halides is 3. The highest BCUT2D eigenvalue weighted by Crippen LogP contribution is 2.30. The van der Waals surface area contributed by atoms with Gasteiger partial charge < -0.3 is 15.5 Å². The van der Waals surface area contributed by atoms with Crippen LogP contribution in [-0.2, 0) is 27.5 Å². The molecular weight excluding hydrogens is 531 g/mol. The maximum absolute atomic E-state index is 12.9. The molecule has 1 amide bonds. The number of sulfonamides is 1. The number of aromatic nitrogens is 1. The first-order valence-electron chi connectivity index (χ1n) is 12.9. The Bertz CT molecular complexity index is 1380. The molecular formula is C27H32F3N5O3S. The quantitative estimate of drug-likeness (QED) is 0.303. The lowest BCUT2D eigenvalue weighted by molar-refractivity contribution is -0.137. The number of hydrogen-bond acceptors (Lipinski definition) is 6. The van der Waals surface area contributed by atoms with Crippen LogP contribution in [0, 0.1) is 0 Å². The molecule has 39 heavy (non-hydrogen) atoms. The van der Waals surface area contributed by atoms with Crippen LogP contribution in [0.5, 0.6) is 0 Å². The van der Waals surface area contributed by atoms with E-state index in [-0.39, 0.29) is 29.6 Å². The number of piperidine rings is 1. The number of anilines is 1. The van der Waals surface area contributed by atoms with Crippen molar-refractivity contribution in [2.75, 3.05) is 37.4 Å². The minimum Gasteiger partial charge on any atom is -0.355 e. The molecule has 210 valence electrons. The number of hydrogen-bond donors (Lipinski definition) is 3. The van der Waals surface area contributed by atoms with Gasteiger partial charge in [-0.2, -0.15) is 13.2 Å². The van der Waals surface area contributed by atoms with Gasteiger partial charge in [0.1, 0.15) is 0 Å². The Morgan fingerprint density at radius 3 is 2.44 bits per heavy atom. The van der Waals surface area contributed by atoms with Gasteiger partial charge in [0.25, 0.3) is 10.0 Å². The van der Waals surface area contributed by atoms with Gasteiger partial charge in [-0.25, -0.2) is 13.4 Å². The van der Waals surface area contributed by atoms with Gasteiger partial charge in [0.05, 0.1) is 33.9 Å². The largest absolute Gasteiger partial charge is 0.416 e. The molecule has 0 aliphatic carbocycles. The van der Waals surface area contributed by atoms with E-state index < -0.39 is 21.8 Å². The average Bonchev–Trinajstić information content (AvgIpc) is 2.91. The third-order valence-electron chi connectivity index (χ3n) is 6.53. The van der Waals surface area contributed by atoms with E-state index in [0.717, 1.165) is 50.3 Å². The van der Waals surface area contributed by atoms with Gasteiger partial charge in [-0.05, 0) is 75.3 Å². The van der Waals surface area contributed by atoms with Crippen LogP contribution in [0.4, 0.5) is 18.9 Å². The van der Waals surface area contributed by atoms with Gasteiger partial charge in [-0.15, -0.1) is 0 Å². The molecule has 1 fully saturated rings. The van der Waals surface area contributed by atoms with Gasteiger partial charge in [0.15, 0.2) is 0 Å². The molecule has 3 aromatic rings. The van der Waals surface area contributed by atoms with Crippen molar-refractivity contribution in [3.8, 4) is 0 Å². The number of benzene rings is 2. The molecule has 1 aliphatic heterocycles. The van der Waals surface area contributed by atoms with Crippen LogP contribution in [0.1, 0.15) is 36.9 Å². The molecule has 0 radical (unpaired) electrons. The van der Waals surface area contributed by atoms with Crippen molar-refractivity contribution in [1.29, 1.82) is 0 Å². The van der Waals surface area contributed by atoms with Crippen molar-refractivity contribution in [3.05, 3.63) is 65.9 Å². The van der Waals surface area contributed by atoms with Gasteiger partial charge in [-0.3, -0.25) is 9.52 Å². The zero-order chi connectivity index (χ0) is 27.9. The number of amides is 1. The second-order valence-corrected chi connectivity index (χ2v) is 11.2. The van der Waals surface area contributed by atoms with Crippen molar-refractivity contribution in [3.63, 3.8) is 0 Å². The van der Waals surface area contributed by atoms with Crippen molar-refractivity contribution < 1.29 is 26.4 Å². The number of nitrogens with one attached hydrogen (secondary N) is 3. The standard InChI is InChI=1S/C27H32F3N5O3S/c28-27(29,30)21-9-12-23(13-10-21)39(37,38)34-24-7-4-6-20-8-11-22(33-26(20)24)18-31-19-25(36)32-14-5-17-35-15-2-1-3-16-35/h4,6-13,31,34H,1-3,5,14-19H2,(H,32,36). The monoisotopic (exact) mass is 563 g/mol. The number of para-hydroxylation sites is 1. The number of halogens is 3. The summed E-state index contributed by atoms with van der Waals surface area (Å²) in [4.78, 5) is 18.8. The number of rotatable bonds is 11. The second kappa shape index (κ2) is 12.8. The molecule has 1 saturated heterocycles. The molecule has 2 heterocycles. The first-order valence-corrected chi connectivity index (χ1v) is 14.4. The van der Waals surface area contributed by atoms with Crippen LogP contribution in [0.15, 0.2) is 59.5 Å². The van der Waals surface area contributed by atoms with E-state index >= 15 is 0 Å². The Morgan fingerprint density at radius 1 is 0.974 bits per heavy atom. The average molecular weight is 564 g/mol. The second-order valence-electron chi connectivity index (χ2n) is 9.52. The Labute approximate surface area is 226 Å². The van der Waals surface area contributed by atoms with E-state index in [1.807, 2.05) is 0 Å². The van der Waals surface area contributed by atoms with E-state index in [4.69, 9.17) is 0 Å². The van der Waals surface area contributed by atoms with E-state index in [1.54, 1.807) is 24.3 Å². The highest BCUT2D eigenvalue weighted by atomic mass is 32.2. The number of likely N-dealkylation sites (tertiary alicyclic amines) is 1. The molecule has 0 unspecified atom stereocenters. The van der Waals surface area contributed by atoms with E-state index in [2.05, 4.69) is 25.2 Å². The predicted molar refractivity (Wildman–Crippen MR) is 144 cm³/mol. The summed E-state index contributed by atoms with van der Waals surface area (Å²) in [7, 11) is -4.16. The molecule has 0 saturated carbocycles. The Balaban J connectivity index is 1.32. The number of fused-ring (bicyclic) bond motifs is 1. The number of pyridine rings is 1. The highest BCUT2D eigenvalue weighted by Gasteiger charge is 2.30. The van der Waals surface area contributed by atoms with Crippen molar-refractivity contribution in [2.24, 2.45) is 0 Å². The molecule has 0 bridgehead atoms. The molecule has 8 nitrogen and oxygen atoms in total. The molecule has 3 N–H and O–H groups in total. The number of carbonyl (C=O) groups excluding carboxylic acids is 1. The highest BCUT2D eigenvalue weighted by molar-refractivity contribution is 7.92. The third kappa shape index (κ3) is 8.13. The smallest absolute Gasteiger partial charge is 0.355 e. The minimum atomic E-state index is -4.56. The fraction of sp³-hybridized carbons (Fsp3) is 0.407. The van der Waals surface area contributed by atoms with Crippen molar-refractivity contribution in [2.45, 2.75) is 43.3 Å². The van der Waals surface area contributed by atoms with E-state index in [0.29, 0.717) is 23.1 Å². The van der Waals surface area contributed by atoms with Crippen LogP contribution < -0.4 is 15.4 Å². The first kappa shape index (κ1) is 28.8. The fourth-order valence-electron chi connectivity index (χ4n) is 4.48. The van der Waals surface area contributed by atoms with E-state index in [9.17, 15) is 26.4 Å². The van der Waals surface area contributed by atoms with Gasteiger partial charge in [-0.1, -0.05) is 24.6 Å². The van der Waals surface area contributed by atoms with Gasteiger partial charge >= 0.3 is 6.18 Å². The molecule has 1 aliphatic rings. The number of carbonyl (C=O) groups is 1. The molecule has 0 spiro atoms. The van der Waals surface area contributed by atoms with Crippen LogP contribution in [0.3, 0.4) is 0 Å². The summed E-state index contributed by atoms with van der Waals surface area (Å²) in [6, 6.07) is 11.8. The maximum atomic E-state index is 12.9. The summed E-state index contributed by atoms with van der Waals surface area (Å²) in [6.45, 7) is 4.27. The SMILES string of the molecule is O=C(CNCc1ccc2cccc(NS(=O)(=O)c3ccc(C(F)(F)F)cc3)c2n1)NCCCN1CCCCC1. The molecule has 4 rings (SSSR count). The zero-order valence-corrected chi connectivity index (χ0v) is 22.2. The normalized spacial score (nSPS) is 14.8. The summed E-state index contributed by atoms with van der Waals surface area (Å²) in [6.07, 6.45) is 0.123. The Morgan fingerprint density at radius 2 is 1.72 bits per heavy atom. The van der Waals surface area contributed by atoms with Gasteiger partial charge in [0, 0.05) is 18.5 Å². The fourth-order valence-corrected chi connectivity index (χ4v) is 5.54. The maximum Gasteiger partial charge on any atom is 0.416 e. The summed E-state index contributed by atoms with van der Waals surface area (Å²) in [5.41, 5.74) is 0.244. The lowest BCUT2D eigenvalue weighted by Crippen LogP contribution is -2.36. The molecule has 12 heteroatoms. The van der Waals surface area contributed by atoms with Crippen LogP contribution in [-0.4, -0.2) is 56.9 Å². The first-order chi connectivity index (χ1) is 18.6. The lowest BCUT2D eigenvalue weighted by Gasteiger charge is -2.26. The summed E-state index contributed by atoms with van der Waals surface area (Å²) < 4.78 is 66.7. The number of nitrogens with zero attached hydrogens (tertiary/aromatic N) is 2. The topological polar surface area (TPSA) is 103 Å². The van der Waals surface area contributed by atoms with Crippen molar-refractivity contribution in [1.82, 2.24) is 20.5 Å². The van der Waals surface area contributed by atoms with Gasteiger partial charge in [0.2, 0.25) is 5.91 Å². The Kier molecular flexibility index (Phi) is 9.41. The predicted octanol–water partition coefficient (Wildman–Crippen LogP) is 4.14. The van der Waals surface area contributed by atoms with Crippen molar-refractivity contribution >= 4 is 32.5 Å². The minimum absolute atomic E-state index is 0.112. The lowest BCUT2D eigenvalue weighted by atomic mass is 10.1.